The fourth-order valence-corrected chi connectivity index (χ4v) is 3.32. The van der Waals surface area contributed by atoms with Crippen LogP contribution in [-0.2, 0) is 18.0 Å². The molecule has 1 fully saturated rings. The molecule has 2 heteroatoms. The van der Waals surface area contributed by atoms with Crippen molar-refractivity contribution in [3.05, 3.63) is 34.9 Å². The highest BCUT2D eigenvalue weighted by molar-refractivity contribution is 5.37. The summed E-state index contributed by atoms with van der Waals surface area (Å²) in [5.41, 5.74) is 10.7. The molecule has 3 atom stereocenters. The van der Waals surface area contributed by atoms with Gasteiger partial charge in [-0.2, -0.15) is 0 Å². The van der Waals surface area contributed by atoms with E-state index in [2.05, 4.69) is 32.0 Å². The maximum absolute atomic E-state index is 6.18. The molecule has 1 aromatic carbocycles. The normalized spacial score (nSPS) is 35.5. The Labute approximate surface area is 103 Å². The Hall–Kier alpha value is -0.860. The van der Waals surface area contributed by atoms with Crippen molar-refractivity contribution in [2.75, 3.05) is 0 Å². The summed E-state index contributed by atoms with van der Waals surface area (Å²) in [6.07, 6.45) is 2.29. The molecule has 1 aromatic rings. The van der Waals surface area contributed by atoms with E-state index >= 15 is 0 Å². The summed E-state index contributed by atoms with van der Waals surface area (Å²) >= 11 is 0. The molecule has 1 aliphatic carbocycles. The van der Waals surface area contributed by atoms with Gasteiger partial charge in [-0.1, -0.05) is 32.0 Å². The molecule has 1 saturated carbocycles. The first kappa shape index (κ1) is 11.2. The Morgan fingerprint density at radius 1 is 1.35 bits per heavy atom. The van der Waals surface area contributed by atoms with Crippen LogP contribution in [0.15, 0.2) is 18.2 Å². The van der Waals surface area contributed by atoms with Gasteiger partial charge < -0.3 is 10.5 Å². The molecule has 2 aliphatic rings. The van der Waals surface area contributed by atoms with Gasteiger partial charge in [-0.25, -0.2) is 0 Å². The summed E-state index contributed by atoms with van der Waals surface area (Å²) < 4.78 is 5.48. The van der Waals surface area contributed by atoms with Gasteiger partial charge in [0.15, 0.2) is 0 Å². The van der Waals surface area contributed by atoms with E-state index in [9.17, 15) is 0 Å². The van der Waals surface area contributed by atoms with E-state index in [1.54, 1.807) is 0 Å². The van der Waals surface area contributed by atoms with Gasteiger partial charge >= 0.3 is 0 Å². The SMILES string of the molecule is CCC1(C)C(N)CC1c1ccc2c(c1)COC2. The highest BCUT2D eigenvalue weighted by atomic mass is 16.5. The highest BCUT2D eigenvalue weighted by Crippen LogP contribution is 2.54. The predicted octanol–water partition coefficient (Wildman–Crippen LogP) is 2.95. The minimum Gasteiger partial charge on any atom is -0.372 e. The van der Waals surface area contributed by atoms with E-state index in [4.69, 9.17) is 10.5 Å². The van der Waals surface area contributed by atoms with Crippen molar-refractivity contribution in [2.45, 2.75) is 51.9 Å². The zero-order valence-electron chi connectivity index (χ0n) is 10.7. The van der Waals surface area contributed by atoms with E-state index < -0.39 is 0 Å². The van der Waals surface area contributed by atoms with Crippen molar-refractivity contribution in [1.82, 2.24) is 0 Å². The van der Waals surface area contributed by atoms with Crippen LogP contribution in [0.25, 0.3) is 0 Å². The number of benzene rings is 1. The van der Waals surface area contributed by atoms with Crippen molar-refractivity contribution >= 4 is 0 Å². The standard InChI is InChI=1S/C15H21NO/c1-3-15(2)13(7-14(15)16)10-4-5-11-8-17-9-12(11)6-10/h4-6,13-14H,3,7-9,16H2,1-2H3. The summed E-state index contributed by atoms with van der Waals surface area (Å²) in [7, 11) is 0. The number of fused-ring (bicyclic) bond motifs is 1. The van der Waals surface area contributed by atoms with Gasteiger partial charge in [0, 0.05) is 6.04 Å². The van der Waals surface area contributed by atoms with Gasteiger partial charge in [0.05, 0.1) is 13.2 Å². The van der Waals surface area contributed by atoms with Crippen molar-refractivity contribution in [3.8, 4) is 0 Å². The summed E-state index contributed by atoms with van der Waals surface area (Å²) in [4.78, 5) is 0. The zero-order chi connectivity index (χ0) is 12.0. The van der Waals surface area contributed by atoms with Gasteiger partial charge in [-0.3, -0.25) is 0 Å². The summed E-state index contributed by atoms with van der Waals surface area (Å²) in [6, 6.07) is 7.21. The third-order valence-electron chi connectivity index (χ3n) is 5.04. The van der Waals surface area contributed by atoms with Crippen molar-refractivity contribution in [1.29, 1.82) is 0 Å². The van der Waals surface area contributed by atoms with E-state index in [-0.39, 0.29) is 5.41 Å². The smallest absolute Gasteiger partial charge is 0.0725 e. The van der Waals surface area contributed by atoms with Crippen LogP contribution < -0.4 is 5.73 Å². The third-order valence-corrected chi connectivity index (χ3v) is 5.04. The van der Waals surface area contributed by atoms with Crippen LogP contribution in [0.2, 0.25) is 0 Å². The highest BCUT2D eigenvalue weighted by Gasteiger charge is 2.48. The lowest BCUT2D eigenvalue weighted by molar-refractivity contribution is 0.0705. The Bertz CT molecular complexity index is 443. The van der Waals surface area contributed by atoms with E-state index in [1.165, 1.54) is 16.7 Å². The molecule has 3 rings (SSSR count). The molecule has 0 amide bonds. The zero-order valence-corrected chi connectivity index (χ0v) is 10.7. The first-order chi connectivity index (χ1) is 8.15. The molecule has 1 aliphatic heterocycles. The van der Waals surface area contributed by atoms with Crippen LogP contribution in [0, 0.1) is 5.41 Å². The number of rotatable bonds is 2. The summed E-state index contributed by atoms with van der Waals surface area (Å²) in [6.45, 7) is 6.15. The molecule has 0 bridgehead atoms. The van der Waals surface area contributed by atoms with Crippen LogP contribution >= 0.6 is 0 Å². The molecular formula is C15H21NO. The van der Waals surface area contributed by atoms with Crippen molar-refractivity contribution in [3.63, 3.8) is 0 Å². The van der Waals surface area contributed by atoms with Crippen LogP contribution in [0.1, 0.15) is 49.3 Å². The molecule has 3 unspecified atom stereocenters. The monoisotopic (exact) mass is 231 g/mol. The number of hydrogen-bond acceptors (Lipinski definition) is 2. The largest absolute Gasteiger partial charge is 0.372 e. The van der Waals surface area contributed by atoms with Gasteiger partial charge in [0.25, 0.3) is 0 Å². The molecule has 0 spiro atoms. The number of hydrogen-bond donors (Lipinski definition) is 1. The maximum Gasteiger partial charge on any atom is 0.0725 e. The lowest BCUT2D eigenvalue weighted by atomic mass is 9.54. The first-order valence-corrected chi connectivity index (χ1v) is 6.60. The van der Waals surface area contributed by atoms with Gasteiger partial charge in [0.2, 0.25) is 0 Å². The Balaban J connectivity index is 1.91. The predicted molar refractivity (Wildman–Crippen MR) is 68.7 cm³/mol. The van der Waals surface area contributed by atoms with Gasteiger partial charge in [-0.15, -0.1) is 0 Å². The summed E-state index contributed by atoms with van der Waals surface area (Å²) in [5, 5.41) is 0. The molecule has 2 N–H and O–H groups in total. The Kier molecular flexibility index (Phi) is 2.53. The average Bonchev–Trinajstić information content (AvgIpc) is 2.81. The minimum atomic E-state index is 0.285. The second-order valence-corrected chi connectivity index (χ2v) is 5.78. The lowest BCUT2D eigenvalue weighted by Crippen LogP contribution is -2.54. The van der Waals surface area contributed by atoms with Crippen LogP contribution in [-0.4, -0.2) is 6.04 Å². The third kappa shape index (κ3) is 1.54. The second kappa shape index (κ2) is 3.82. The Morgan fingerprint density at radius 2 is 2.12 bits per heavy atom. The van der Waals surface area contributed by atoms with Crippen LogP contribution in [0.5, 0.6) is 0 Å². The molecule has 0 radical (unpaired) electrons. The molecule has 0 saturated heterocycles. The lowest BCUT2D eigenvalue weighted by Gasteiger charge is -2.53. The van der Waals surface area contributed by atoms with Gasteiger partial charge in [-0.05, 0) is 40.9 Å². The molecular weight excluding hydrogens is 210 g/mol. The molecule has 0 aromatic heterocycles. The van der Waals surface area contributed by atoms with E-state index in [1.807, 2.05) is 0 Å². The maximum atomic E-state index is 6.18. The summed E-state index contributed by atoms with van der Waals surface area (Å²) in [5.74, 6) is 0.633. The van der Waals surface area contributed by atoms with E-state index in [0.29, 0.717) is 12.0 Å². The van der Waals surface area contributed by atoms with E-state index in [0.717, 1.165) is 26.1 Å². The first-order valence-electron chi connectivity index (χ1n) is 6.60. The number of ether oxygens (including phenoxy) is 1. The van der Waals surface area contributed by atoms with Crippen LogP contribution in [0.4, 0.5) is 0 Å². The quantitative estimate of drug-likeness (QED) is 0.849. The van der Waals surface area contributed by atoms with Crippen molar-refractivity contribution in [2.24, 2.45) is 11.1 Å². The molecule has 1 heterocycles. The fraction of sp³-hybridized carbons (Fsp3) is 0.600. The molecule has 2 nitrogen and oxygen atoms in total. The van der Waals surface area contributed by atoms with Gasteiger partial charge in [0.1, 0.15) is 0 Å². The minimum absolute atomic E-state index is 0.285. The topological polar surface area (TPSA) is 35.2 Å². The van der Waals surface area contributed by atoms with Crippen molar-refractivity contribution < 1.29 is 4.74 Å². The Morgan fingerprint density at radius 3 is 2.82 bits per heavy atom. The fourth-order valence-electron chi connectivity index (χ4n) is 3.32. The molecule has 17 heavy (non-hydrogen) atoms. The van der Waals surface area contributed by atoms with Crippen LogP contribution in [0.3, 0.4) is 0 Å². The number of nitrogens with two attached hydrogens (primary N) is 1. The average molecular weight is 231 g/mol. The molecule has 92 valence electrons. The second-order valence-electron chi connectivity index (χ2n) is 5.78.